The normalized spacial score (nSPS) is 14.2. The van der Waals surface area contributed by atoms with E-state index < -0.39 is 17.5 Å². The molecule has 0 spiro atoms. The number of ether oxygens (including phenoxy) is 2. The molecule has 0 saturated heterocycles. The summed E-state index contributed by atoms with van der Waals surface area (Å²) in [6.45, 7) is 8.29. The number of thiophene rings is 1. The number of fused-ring (bicyclic) bond motifs is 5. The largest absolute Gasteiger partial charge is 0.444 e. The van der Waals surface area contributed by atoms with E-state index in [1.807, 2.05) is 6.92 Å². The predicted octanol–water partition coefficient (Wildman–Crippen LogP) is 8.88. The number of carbonyl (C=O) groups is 1. The highest BCUT2D eigenvalue weighted by molar-refractivity contribution is 7.99. The molecule has 2 aliphatic rings. The number of thioether (sulfide) groups is 1. The molecule has 3 aromatic heterocycles. The zero-order valence-electron chi connectivity index (χ0n) is 26.9. The van der Waals surface area contributed by atoms with Crippen molar-refractivity contribution in [1.82, 2.24) is 20.2 Å². The minimum absolute atomic E-state index is 0.119. The van der Waals surface area contributed by atoms with Gasteiger partial charge in [0.25, 0.3) is 0 Å². The number of aromatic amines is 1. The summed E-state index contributed by atoms with van der Waals surface area (Å²) < 4.78 is 27.1. The van der Waals surface area contributed by atoms with Crippen molar-refractivity contribution < 1.29 is 18.7 Å². The first-order valence-corrected chi connectivity index (χ1v) is 18.0. The number of benzene rings is 2. The summed E-state index contributed by atoms with van der Waals surface area (Å²) in [6.07, 6.45) is 3.57. The van der Waals surface area contributed by atoms with Crippen molar-refractivity contribution in [1.29, 1.82) is 5.26 Å². The number of amides is 1. The lowest BCUT2D eigenvalue weighted by molar-refractivity contribution is 0.0636. The van der Waals surface area contributed by atoms with Crippen molar-refractivity contribution in [2.24, 2.45) is 0 Å². The van der Waals surface area contributed by atoms with Crippen LogP contribution in [0.3, 0.4) is 0 Å². The summed E-state index contributed by atoms with van der Waals surface area (Å²) in [4.78, 5) is 22.5. The number of halogens is 2. The predicted molar refractivity (Wildman–Crippen MR) is 187 cm³/mol. The number of aromatic nitrogens is 4. The van der Waals surface area contributed by atoms with E-state index in [1.54, 1.807) is 26.8 Å². The zero-order chi connectivity index (χ0) is 33.7. The van der Waals surface area contributed by atoms with Gasteiger partial charge in [0.05, 0.1) is 51.6 Å². The van der Waals surface area contributed by atoms with E-state index >= 15 is 4.39 Å². The first kappa shape index (κ1) is 32.6. The monoisotopic (exact) mass is 705 g/mol. The van der Waals surface area contributed by atoms with Gasteiger partial charge in [-0.2, -0.15) is 10.4 Å². The molecular formula is C34H33ClFN7O3S2. The third kappa shape index (κ3) is 5.85. The van der Waals surface area contributed by atoms with E-state index in [9.17, 15) is 10.1 Å². The molecule has 0 fully saturated rings. The number of nitrogens with one attached hydrogen (secondary N) is 3. The van der Waals surface area contributed by atoms with E-state index in [0.29, 0.717) is 51.2 Å². The summed E-state index contributed by atoms with van der Waals surface area (Å²) in [6, 6.07) is 5.16. The Hall–Kier alpha value is -3.96. The molecule has 10 nitrogen and oxygen atoms in total. The van der Waals surface area contributed by atoms with Gasteiger partial charge in [-0.05, 0) is 80.5 Å². The van der Waals surface area contributed by atoms with Crippen LogP contribution in [0, 0.1) is 17.1 Å². The molecule has 1 amide bonds. The molecule has 1 aliphatic carbocycles. The number of aryl methyl sites for hydroxylation is 1. The van der Waals surface area contributed by atoms with Gasteiger partial charge in [0.15, 0.2) is 5.16 Å². The van der Waals surface area contributed by atoms with E-state index in [0.717, 1.165) is 65.0 Å². The fraction of sp³-hybridized carbons (Fsp3) is 0.382. The lowest BCUT2D eigenvalue weighted by Crippen LogP contribution is -2.27. The van der Waals surface area contributed by atoms with Gasteiger partial charge in [0.2, 0.25) is 0 Å². The molecule has 0 bridgehead atoms. The Kier molecular flexibility index (Phi) is 8.70. The first-order valence-electron chi connectivity index (χ1n) is 15.8. The maximum Gasteiger partial charge on any atom is 0.412 e. The van der Waals surface area contributed by atoms with Crippen LogP contribution in [-0.2, 0) is 42.1 Å². The molecule has 3 N–H and O–H groups in total. The van der Waals surface area contributed by atoms with Crippen molar-refractivity contribution in [3.05, 3.63) is 56.6 Å². The lowest BCUT2D eigenvalue weighted by Gasteiger charge is -2.19. The number of nitriles is 1. The van der Waals surface area contributed by atoms with E-state index in [-0.39, 0.29) is 21.9 Å². The quantitative estimate of drug-likeness (QED) is 0.112. The smallest absolute Gasteiger partial charge is 0.412 e. The molecule has 0 radical (unpaired) electrons. The first-order chi connectivity index (χ1) is 23.1. The fourth-order valence-corrected chi connectivity index (χ4v) is 8.44. The number of hydrogen-bond donors (Lipinski definition) is 3. The standard InChI is InChI=1S/C34H33ClFN7O3S2/c1-5-47-32-39-28-26(30(40-32)38-13-23-16-8-6-7-9-22(16)42-43-23)20-15-45-14-19(20)24(27(28)35)17-10-11-21(36)29-25(17)18(12-37)31(48-29)41-33(44)46-34(2,3)4/h10-11H,5-9,13-15H2,1-4H3,(H,41,44)(H,42,43)(H,38,39,40). The third-order valence-electron chi connectivity index (χ3n) is 8.40. The Labute approximate surface area is 289 Å². The van der Waals surface area contributed by atoms with Gasteiger partial charge in [-0.3, -0.25) is 10.4 Å². The second kappa shape index (κ2) is 12.8. The van der Waals surface area contributed by atoms with Crippen LogP contribution >= 0.6 is 34.7 Å². The maximum atomic E-state index is 15.4. The second-order valence-electron chi connectivity index (χ2n) is 12.7. The van der Waals surface area contributed by atoms with Crippen LogP contribution in [0.2, 0.25) is 5.02 Å². The number of nitrogens with zero attached hydrogens (tertiary/aromatic N) is 4. The summed E-state index contributed by atoms with van der Waals surface area (Å²) in [5, 5.41) is 26.6. The molecule has 14 heteroatoms. The Bertz CT molecular complexity index is 2150. The molecule has 0 saturated carbocycles. The number of hydrogen-bond acceptors (Lipinski definition) is 10. The van der Waals surface area contributed by atoms with Crippen LogP contribution in [0.4, 0.5) is 20.0 Å². The number of rotatable bonds is 7. The summed E-state index contributed by atoms with van der Waals surface area (Å²) in [5.74, 6) is 0.872. The highest BCUT2D eigenvalue weighted by atomic mass is 35.5. The number of anilines is 2. The van der Waals surface area contributed by atoms with Gasteiger partial charge in [0, 0.05) is 16.6 Å². The van der Waals surface area contributed by atoms with Crippen LogP contribution in [0.15, 0.2) is 17.3 Å². The summed E-state index contributed by atoms with van der Waals surface area (Å²) in [5.41, 5.74) is 6.20. The highest BCUT2D eigenvalue weighted by Crippen LogP contribution is 2.49. The molecule has 0 unspecified atom stereocenters. The Morgan fingerprint density at radius 3 is 2.75 bits per heavy atom. The maximum absolute atomic E-state index is 15.4. The van der Waals surface area contributed by atoms with Crippen LogP contribution in [0.25, 0.3) is 32.1 Å². The SMILES string of the molecule is CCSc1nc(NCc2n[nH]c3c2CCCC3)c2c3c(c(-c4ccc(F)c5sc(NC(=O)OC(C)(C)C)c(C#N)c45)c(Cl)c2n1)COC3. The van der Waals surface area contributed by atoms with E-state index in [4.69, 9.17) is 31.0 Å². The molecule has 0 atom stereocenters. The minimum atomic E-state index is -0.759. The van der Waals surface area contributed by atoms with Gasteiger partial charge in [-0.25, -0.2) is 19.2 Å². The van der Waals surface area contributed by atoms with Gasteiger partial charge in [-0.15, -0.1) is 11.3 Å². The second-order valence-corrected chi connectivity index (χ2v) is 15.3. The Morgan fingerprint density at radius 1 is 1.19 bits per heavy atom. The molecule has 248 valence electrons. The average Bonchev–Trinajstić information content (AvgIpc) is 3.78. The molecule has 5 aromatic rings. The topological polar surface area (TPSA) is 138 Å². The van der Waals surface area contributed by atoms with Crippen LogP contribution in [0.1, 0.15) is 74.2 Å². The number of carbonyl (C=O) groups excluding carboxylic acids is 1. The molecule has 7 rings (SSSR count). The minimum Gasteiger partial charge on any atom is -0.444 e. The summed E-state index contributed by atoms with van der Waals surface area (Å²) >= 11 is 9.81. The van der Waals surface area contributed by atoms with Gasteiger partial charge in [0.1, 0.15) is 28.3 Å². The van der Waals surface area contributed by atoms with Crippen LogP contribution in [-0.4, -0.2) is 37.6 Å². The molecule has 1 aliphatic heterocycles. The summed E-state index contributed by atoms with van der Waals surface area (Å²) in [7, 11) is 0. The number of H-pyrrole nitrogens is 1. The van der Waals surface area contributed by atoms with Gasteiger partial charge in [-0.1, -0.05) is 36.4 Å². The highest BCUT2D eigenvalue weighted by Gasteiger charge is 2.31. The Balaban J connectivity index is 1.39. The van der Waals surface area contributed by atoms with Gasteiger partial charge < -0.3 is 14.8 Å². The molecule has 4 heterocycles. The van der Waals surface area contributed by atoms with Crippen molar-refractivity contribution in [2.75, 3.05) is 16.4 Å². The third-order valence-corrected chi connectivity index (χ3v) is 10.6. The van der Waals surface area contributed by atoms with Crippen LogP contribution in [0.5, 0.6) is 0 Å². The lowest BCUT2D eigenvalue weighted by atomic mass is 9.91. The molecule has 48 heavy (non-hydrogen) atoms. The van der Waals surface area contributed by atoms with E-state index in [1.165, 1.54) is 29.1 Å². The van der Waals surface area contributed by atoms with Gasteiger partial charge >= 0.3 is 6.09 Å². The van der Waals surface area contributed by atoms with Crippen molar-refractivity contribution in [3.63, 3.8) is 0 Å². The Morgan fingerprint density at radius 2 is 1.98 bits per heavy atom. The van der Waals surface area contributed by atoms with E-state index in [2.05, 4.69) is 26.9 Å². The molecular weight excluding hydrogens is 673 g/mol. The average molecular weight is 706 g/mol. The molecule has 2 aromatic carbocycles. The van der Waals surface area contributed by atoms with Crippen LogP contribution < -0.4 is 10.6 Å². The van der Waals surface area contributed by atoms with Crippen molar-refractivity contribution >= 4 is 72.6 Å². The fourth-order valence-electron chi connectivity index (χ4n) is 6.45. The van der Waals surface area contributed by atoms with Crippen molar-refractivity contribution in [2.45, 2.75) is 83.9 Å². The zero-order valence-corrected chi connectivity index (χ0v) is 29.3. The van der Waals surface area contributed by atoms with Crippen molar-refractivity contribution in [3.8, 4) is 17.2 Å².